The summed E-state index contributed by atoms with van der Waals surface area (Å²) in [4.78, 5) is 28.5. The van der Waals surface area contributed by atoms with E-state index in [1.165, 1.54) is 34.0 Å². The molecular weight excluding hydrogens is 423 g/mol. The van der Waals surface area contributed by atoms with Gasteiger partial charge in [-0.1, -0.05) is 43.7 Å². The van der Waals surface area contributed by atoms with Crippen molar-refractivity contribution in [2.75, 3.05) is 11.4 Å². The average molecular weight is 453 g/mol. The highest BCUT2D eigenvalue weighted by atomic mass is 19.1. The Balaban J connectivity index is 1.78. The maximum Gasteiger partial charge on any atom is 0.251 e. The molecule has 1 atom stereocenters. The van der Waals surface area contributed by atoms with Crippen molar-refractivity contribution in [3.8, 4) is 11.4 Å². The van der Waals surface area contributed by atoms with E-state index in [4.69, 9.17) is 0 Å². The molecule has 1 heterocycles. The third kappa shape index (κ3) is 6.44. The maximum absolute atomic E-state index is 13.5. The zero-order valence-corrected chi connectivity index (χ0v) is 19.3. The maximum atomic E-state index is 13.5. The fraction of sp³-hybridized carbons (Fsp3) is 0.375. The fourth-order valence-electron chi connectivity index (χ4n) is 3.26. The minimum Gasteiger partial charge on any atom is -0.354 e. The van der Waals surface area contributed by atoms with Gasteiger partial charge >= 0.3 is 0 Å². The van der Waals surface area contributed by atoms with Crippen LogP contribution in [0.15, 0.2) is 48.5 Å². The summed E-state index contributed by atoms with van der Waals surface area (Å²) in [6.45, 7) is 8.05. The van der Waals surface area contributed by atoms with Gasteiger partial charge in [0.1, 0.15) is 18.4 Å². The number of anilines is 1. The number of rotatable bonds is 9. The number of nitrogens with zero attached hydrogens (tertiary/aromatic N) is 5. The average Bonchev–Trinajstić information content (AvgIpc) is 3.23. The molecule has 0 radical (unpaired) electrons. The molecule has 8 nitrogen and oxygen atoms in total. The second kappa shape index (κ2) is 10.8. The van der Waals surface area contributed by atoms with Crippen molar-refractivity contribution in [3.63, 3.8) is 0 Å². The Morgan fingerprint density at radius 1 is 1.06 bits per heavy atom. The standard InChI is InChI=1S/C24H29FN6O2/c1-16(2)13-14-26-24(33)18(4)31(21-11-9-20(25)10-12-21)22(32)15-30-28-23(27-29-30)19-7-5-17(3)6-8-19/h5-12,16,18H,13-15H2,1-4H3,(H,26,33)/t18-/m0/s1. The Bertz CT molecular complexity index is 1080. The molecule has 3 rings (SSSR count). The lowest BCUT2D eigenvalue weighted by molar-refractivity contribution is -0.126. The van der Waals surface area contributed by atoms with E-state index >= 15 is 0 Å². The molecule has 9 heteroatoms. The normalized spacial score (nSPS) is 11.9. The Kier molecular flexibility index (Phi) is 7.87. The number of carbonyl (C=O) groups excluding carboxylic acids is 2. The van der Waals surface area contributed by atoms with Crippen LogP contribution in [-0.4, -0.2) is 44.6 Å². The van der Waals surface area contributed by atoms with E-state index in [0.29, 0.717) is 24.0 Å². The molecule has 3 aromatic rings. The molecule has 0 aliphatic rings. The molecule has 0 saturated heterocycles. The highest BCUT2D eigenvalue weighted by molar-refractivity contribution is 6.00. The molecule has 2 aromatic carbocycles. The van der Waals surface area contributed by atoms with Gasteiger partial charge in [0.05, 0.1) is 0 Å². The molecule has 33 heavy (non-hydrogen) atoms. The number of carbonyl (C=O) groups is 2. The van der Waals surface area contributed by atoms with Gasteiger partial charge in [-0.25, -0.2) is 4.39 Å². The van der Waals surface area contributed by atoms with Crippen molar-refractivity contribution in [2.24, 2.45) is 5.92 Å². The van der Waals surface area contributed by atoms with E-state index in [9.17, 15) is 14.0 Å². The Hall–Kier alpha value is -3.62. The van der Waals surface area contributed by atoms with Crippen LogP contribution in [0.5, 0.6) is 0 Å². The summed E-state index contributed by atoms with van der Waals surface area (Å²) in [5.41, 5.74) is 2.30. The lowest BCUT2D eigenvalue weighted by atomic mass is 10.1. The zero-order valence-electron chi connectivity index (χ0n) is 19.3. The number of amides is 2. The van der Waals surface area contributed by atoms with Crippen LogP contribution in [0.3, 0.4) is 0 Å². The second-order valence-corrected chi connectivity index (χ2v) is 8.40. The summed E-state index contributed by atoms with van der Waals surface area (Å²) < 4.78 is 13.5. The zero-order chi connectivity index (χ0) is 24.0. The van der Waals surface area contributed by atoms with E-state index in [1.807, 2.05) is 31.2 Å². The summed E-state index contributed by atoms with van der Waals surface area (Å²) >= 11 is 0. The number of hydrogen-bond donors (Lipinski definition) is 1. The van der Waals surface area contributed by atoms with Crippen LogP contribution in [-0.2, 0) is 16.1 Å². The van der Waals surface area contributed by atoms with Gasteiger partial charge in [0.2, 0.25) is 11.7 Å². The van der Waals surface area contributed by atoms with Crippen molar-refractivity contribution >= 4 is 17.5 Å². The molecule has 174 valence electrons. The number of hydrogen-bond acceptors (Lipinski definition) is 5. The summed E-state index contributed by atoms with van der Waals surface area (Å²) in [6.07, 6.45) is 0.827. The van der Waals surface area contributed by atoms with Crippen molar-refractivity contribution < 1.29 is 14.0 Å². The van der Waals surface area contributed by atoms with Crippen LogP contribution in [0.1, 0.15) is 32.8 Å². The van der Waals surface area contributed by atoms with Crippen LogP contribution in [0.25, 0.3) is 11.4 Å². The van der Waals surface area contributed by atoms with Crippen molar-refractivity contribution in [2.45, 2.75) is 46.7 Å². The summed E-state index contributed by atoms with van der Waals surface area (Å²) in [5.74, 6) is -0.297. The van der Waals surface area contributed by atoms with Gasteiger partial charge < -0.3 is 5.32 Å². The predicted molar refractivity (Wildman–Crippen MR) is 124 cm³/mol. The second-order valence-electron chi connectivity index (χ2n) is 8.40. The van der Waals surface area contributed by atoms with Crippen molar-refractivity contribution in [1.29, 1.82) is 0 Å². The van der Waals surface area contributed by atoms with E-state index in [2.05, 4.69) is 34.6 Å². The largest absolute Gasteiger partial charge is 0.354 e. The molecular formula is C24H29FN6O2. The molecule has 0 aliphatic carbocycles. The van der Waals surface area contributed by atoms with Crippen LogP contribution in [0.2, 0.25) is 0 Å². The van der Waals surface area contributed by atoms with Gasteiger partial charge in [0, 0.05) is 17.8 Å². The van der Waals surface area contributed by atoms with Gasteiger partial charge in [-0.15, -0.1) is 10.2 Å². The van der Waals surface area contributed by atoms with E-state index < -0.39 is 17.8 Å². The van der Waals surface area contributed by atoms with Crippen molar-refractivity contribution in [3.05, 3.63) is 59.9 Å². The first-order chi connectivity index (χ1) is 15.7. The minimum absolute atomic E-state index is 0.222. The number of benzene rings is 2. The van der Waals surface area contributed by atoms with Crippen LogP contribution in [0.4, 0.5) is 10.1 Å². The number of halogens is 1. The number of aromatic nitrogens is 4. The Labute approximate surface area is 192 Å². The number of aryl methyl sites for hydroxylation is 1. The monoisotopic (exact) mass is 452 g/mol. The van der Waals surface area contributed by atoms with E-state index in [0.717, 1.165) is 17.5 Å². The first-order valence-electron chi connectivity index (χ1n) is 10.9. The molecule has 0 saturated carbocycles. The fourth-order valence-corrected chi connectivity index (χ4v) is 3.26. The molecule has 1 aromatic heterocycles. The van der Waals surface area contributed by atoms with Crippen LogP contribution >= 0.6 is 0 Å². The first kappa shape index (κ1) is 24.0. The van der Waals surface area contributed by atoms with Gasteiger partial charge in [0.15, 0.2) is 0 Å². The summed E-state index contributed by atoms with van der Waals surface area (Å²) in [6, 6.07) is 12.3. The summed E-state index contributed by atoms with van der Waals surface area (Å²) in [5, 5.41) is 15.2. The molecule has 0 aliphatic heterocycles. The quantitative estimate of drug-likeness (QED) is 0.537. The highest BCUT2D eigenvalue weighted by Gasteiger charge is 2.28. The molecule has 2 amide bonds. The van der Waals surface area contributed by atoms with Gasteiger partial charge in [-0.2, -0.15) is 4.80 Å². The molecule has 0 spiro atoms. The topological polar surface area (TPSA) is 93.0 Å². The number of nitrogens with one attached hydrogen (secondary N) is 1. The Morgan fingerprint density at radius 2 is 1.73 bits per heavy atom. The third-order valence-corrected chi connectivity index (χ3v) is 5.20. The van der Waals surface area contributed by atoms with Gasteiger partial charge in [-0.3, -0.25) is 14.5 Å². The smallest absolute Gasteiger partial charge is 0.251 e. The van der Waals surface area contributed by atoms with Crippen molar-refractivity contribution in [1.82, 2.24) is 25.5 Å². The van der Waals surface area contributed by atoms with Gasteiger partial charge in [0.25, 0.3) is 5.91 Å². The Morgan fingerprint density at radius 3 is 2.36 bits per heavy atom. The molecule has 0 fully saturated rings. The first-order valence-corrected chi connectivity index (χ1v) is 10.9. The lowest BCUT2D eigenvalue weighted by Gasteiger charge is -2.28. The SMILES string of the molecule is Cc1ccc(-c2nnn(CC(=O)N(c3ccc(F)cc3)[C@@H](C)C(=O)NCCC(C)C)n2)cc1. The third-order valence-electron chi connectivity index (χ3n) is 5.20. The number of tetrazole rings is 1. The lowest BCUT2D eigenvalue weighted by Crippen LogP contribution is -2.49. The van der Waals surface area contributed by atoms with E-state index in [-0.39, 0.29) is 12.5 Å². The molecule has 0 bridgehead atoms. The van der Waals surface area contributed by atoms with Crippen LogP contribution in [0, 0.1) is 18.7 Å². The minimum atomic E-state index is -0.810. The van der Waals surface area contributed by atoms with Crippen LogP contribution < -0.4 is 10.2 Å². The predicted octanol–water partition coefficient (Wildman–Crippen LogP) is 3.37. The molecule has 1 N–H and O–H groups in total. The molecule has 0 unspecified atom stereocenters. The van der Waals surface area contributed by atoms with E-state index in [1.54, 1.807) is 6.92 Å². The highest BCUT2D eigenvalue weighted by Crippen LogP contribution is 2.19. The van der Waals surface area contributed by atoms with Gasteiger partial charge in [-0.05, 0) is 55.7 Å². The summed E-state index contributed by atoms with van der Waals surface area (Å²) in [7, 11) is 0.